The Morgan fingerprint density at radius 3 is 3.00 bits per heavy atom. The first-order chi connectivity index (χ1) is 12.1. The molecule has 0 spiro atoms. The van der Waals surface area contributed by atoms with E-state index in [-0.39, 0.29) is 6.42 Å². The van der Waals surface area contributed by atoms with Crippen molar-refractivity contribution in [2.45, 2.75) is 26.4 Å². The molecule has 0 saturated heterocycles. The van der Waals surface area contributed by atoms with E-state index in [1.807, 2.05) is 18.2 Å². The molecule has 0 amide bonds. The van der Waals surface area contributed by atoms with E-state index in [1.165, 1.54) is 10.4 Å². The molecule has 1 aromatic carbocycles. The minimum atomic E-state index is -0.818. The number of hydrogen-bond acceptors (Lipinski definition) is 4. The number of aliphatic carboxylic acids is 1. The van der Waals surface area contributed by atoms with Crippen LogP contribution in [0.4, 0.5) is 0 Å². The maximum absolute atomic E-state index is 11.1. The number of hydrogen-bond donors (Lipinski definition) is 1. The van der Waals surface area contributed by atoms with Gasteiger partial charge < -0.3 is 14.7 Å². The Labute approximate surface area is 152 Å². The zero-order valence-corrected chi connectivity index (χ0v) is 15.4. The highest BCUT2D eigenvalue weighted by Gasteiger charge is 2.21. The second kappa shape index (κ2) is 7.85. The number of carboxylic acid groups (broad SMARTS) is 1. The molecule has 132 valence electrons. The summed E-state index contributed by atoms with van der Waals surface area (Å²) in [6.07, 6.45) is 3.23. The first-order valence-corrected chi connectivity index (χ1v) is 9.39. The third kappa shape index (κ3) is 4.11. The third-order valence-electron chi connectivity index (χ3n) is 4.46. The average Bonchev–Trinajstić information content (AvgIpc) is 3.00. The highest BCUT2D eigenvalue weighted by Crippen LogP contribution is 2.40. The van der Waals surface area contributed by atoms with Crippen LogP contribution in [0.5, 0.6) is 5.75 Å². The van der Waals surface area contributed by atoms with Crippen LogP contribution in [0.2, 0.25) is 0 Å². The number of carboxylic acids is 1. The highest BCUT2D eigenvalue weighted by molar-refractivity contribution is 7.11. The normalized spacial score (nSPS) is 14.8. The number of ether oxygens (including phenoxy) is 1. The fourth-order valence-corrected chi connectivity index (χ4v) is 3.92. The lowest BCUT2D eigenvalue weighted by molar-refractivity contribution is -0.136. The molecule has 2 heterocycles. The van der Waals surface area contributed by atoms with E-state index in [9.17, 15) is 4.79 Å². The summed E-state index contributed by atoms with van der Waals surface area (Å²) in [5.41, 5.74) is 4.15. The number of nitrogens with zero attached hydrogens (tertiary/aromatic N) is 1. The van der Waals surface area contributed by atoms with Gasteiger partial charge in [0.05, 0.1) is 6.42 Å². The van der Waals surface area contributed by atoms with E-state index in [2.05, 4.69) is 36.4 Å². The molecule has 1 aliphatic heterocycles. The van der Waals surface area contributed by atoms with Crippen LogP contribution >= 0.6 is 11.3 Å². The van der Waals surface area contributed by atoms with E-state index < -0.39 is 5.97 Å². The predicted molar refractivity (Wildman–Crippen MR) is 101 cm³/mol. The van der Waals surface area contributed by atoms with Gasteiger partial charge in [-0.25, -0.2) is 0 Å². The first-order valence-electron chi connectivity index (χ1n) is 8.51. The van der Waals surface area contributed by atoms with Crippen molar-refractivity contribution in [2.75, 3.05) is 20.1 Å². The molecule has 0 atom stereocenters. The predicted octanol–water partition coefficient (Wildman–Crippen LogP) is 4.04. The van der Waals surface area contributed by atoms with E-state index in [0.717, 1.165) is 42.0 Å². The molecular weight excluding hydrogens is 334 g/mol. The minimum Gasteiger partial charge on any atom is -0.488 e. The summed E-state index contributed by atoms with van der Waals surface area (Å²) in [7, 11) is 2.12. The van der Waals surface area contributed by atoms with Gasteiger partial charge in [0.25, 0.3) is 0 Å². The van der Waals surface area contributed by atoms with Gasteiger partial charge in [0, 0.05) is 22.5 Å². The third-order valence-corrected chi connectivity index (χ3v) is 5.45. The highest BCUT2D eigenvalue weighted by atomic mass is 32.1. The van der Waals surface area contributed by atoms with Crippen LogP contribution < -0.4 is 4.74 Å². The summed E-state index contributed by atoms with van der Waals surface area (Å²) in [4.78, 5) is 14.6. The maximum atomic E-state index is 11.1. The van der Waals surface area contributed by atoms with Crippen LogP contribution in [-0.2, 0) is 17.8 Å². The fraction of sp³-hybridized carbons (Fsp3) is 0.350. The maximum Gasteiger partial charge on any atom is 0.307 e. The van der Waals surface area contributed by atoms with Gasteiger partial charge in [0.1, 0.15) is 12.4 Å². The standard InChI is InChI=1S/C20H23NO3S/c1-3-21(2)9-4-5-16-17-11-14(12-19(22)23)6-7-18(17)24-13-15-8-10-25-20(15)16/h5-8,10-11H,3-4,9,12-13H2,1-2H3,(H,22,23)/b16-5+. The summed E-state index contributed by atoms with van der Waals surface area (Å²) in [6.45, 7) is 4.72. The Balaban J connectivity index is 2.00. The molecule has 5 heteroatoms. The number of carbonyl (C=O) groups is 1. The molecule has 3 rings (SSSR count). The van der Waals surface area contributed by atoms with Gasteiger partial charge >= 0.3 is 5.97 Å². The number of rotatable bonds is 6. The lowest BCUT2D eigenvalue weighted by Gasteiger charge is -2.14. The molecule has 0 aliphatic carbocycles. The molecule has 0 unspecified atom stereocenters. The van der Waals surface area contributed by atoms with Crippen LogP contribution in [0.25, 0.3) is 5.57 Å². The number of thiophene rings is 1. The van der Waals surface area contributed by atoms with Crippen molar-refractivity contribution in [3.8, 4) is 5.75 Å². The Morgan fingerprint density at radius 1 is 1.40 bits per heavy atom. The zero-order chi connectivity index (χ0) is 17.8. The molecule has 0 radical (unpaired) electrons. The number of benzene rings is 1. The fourth-order valence-electron chi connectivity index (χ4n) is 2.95. The van der Waals surface area contributed by atoms with Crippen LogP contribution in [0.15, 0.2) is 35.7 Å². The van der Waals surface area contributed by atoms with Crippen molar-refractivity contribution in [3.63, 3.8) is 0 Å². The zero-order valence-electron chi connectivity index (χ0n) is 14.6. The van der Waals surface area contributed by atoms with Gasteiger partial charge in [-0.15, -0.1) is 11.3 Å². The average molecular weight is 357 g/mol. The summed E-state index contributed by atoms with van der Waals surface area (Å²) in [5, 5.41) is 11.2. The second-order valence-corrected chi connectivity index (χ2v) is 7.18. The summed E-state index contributed by atoms with van der Waals surface area (Å²) in [5.74, 6) is 0.00837. The largest absolute Gasteiger partial charge is 0.488 e. The van der Waals surface area contributed by atoms with Crippen molar-refractivity contribution in [1.29, 1.82) is 0 Å². The molecule has 0 saturated carbocycles. The quantitative estimate of drug-likeness (QED) is 0.848. The molecule has 4 nitrogen and oxygen atoms in total. The van der Waals surface area contributed by atoms with Crippen molar-refractivity contribution in [3.05, 3.63) is 57.3 Å². The van der Waals surface area contributed by atoms with Crippen LogP contribution in [0, 0.1) is 0 Å². The van der Waals surface area contributed by atoms with Gasteiger partial charge in [0.15, 0.2) is 0 Å². The Kier molecular flexibility index (Phi) is 5.56. The van der Waals surface area contributed by atoms with E-state index in [4.69, 9.17) is 9.84 Å². The smallest absolute Gasteiger partial charge is 0.307 e. The van der Waals surface area contributed by atoms with Gasteiger partial charge in [-0.1, -0.05) is 19.1 Å². The van der Waals surface area contributed by atoms with E-state index in [1.54, 1.807) is 11.3 Å². The molecule has 0 bridgehead atoms. The van der Waals surface area contributed by atoms with Crippen molar-refractivity contribution < 1.29 is 14.6 Å². The summed E-state index contributed by atoms with van der Waals surface area (Å²) < 4.78 is 5.98. The van der Waals surface area contributed by atoms with Crippen molar-refractivity contribution in [2.24, 2.45) is 0 Å². The van der Waals surface area contributed by atoms with Crippen LogP contribution in [-0.4, -0.2) is 36.1 Å². The SMILES string of the molecule is CCN(C)CC/C=C1\c2cc(CC(=O)O)ccc2OCc2ccsc21. The Bertz CT molecular complexity index is 794. The van der Waals surface area contributed by atoms with Crippen LogP contribution in [0.1, 0.15) is 34.9 Å². The molecule has 0 fully saturated rings. The van der Waals surface area contributed by atoms with Crippen molar-refractivity contribution >= 4 is 22.9 Å². The van der Waals surface area contributed by atoms with E-state index in [0.29, 0.717) is 6.61 Å². The second-order valence-electron chi connectivity index (χ2n) is 6.27. The van der Waals surface area contributed by atoms with Gasteiger partial charge in [-0.3, -0.25) is 4.79 Å². The number of fused-ring (bicyclic) bond motifs is 2. The van der Waals surface area contributed by atoms with Gasteiger partial charge in [-0.05, 0) is 54.7 Å². The van der Waals surface area contributed by atoms with Gasteiger partial charge in [-0.2, -0.15) is 0 Å². The Morgan fingerprint density at radius 2 is 2.24 bits per heavy atom. The molecule has 1 aliphatic rings. The monoisotopic (exact) mass is 357 g/mol. The topological polar surface area (TPSA) is 49.8 Å². The molecule has 1 aromatic heterocycles. The Hall–Kier alpha value is -2.11. The lowest BCUT2D eigenvalue weighted by Crippen LogP contribution is -2.18. The van der Waals surface area contributed by atoms with Crippen LogP contribution in [0.3, 0.4) is 0 Å². The summed E-state index contributed by atoms with van der Waals surface area (Å²) >= 11 is 1.72. The lowest BCUT2D eigenvalue weighted by atomic mass is 9.97. The molecular formula is C20H23NO3S. The molecule has 25 heavy (non-hydrogen) atoms. The van der Waals surface area contributed by atoms with Crippen molar-refractivity contribution in [1.82, 2.24) is 4.90 Å². The molecule has 2 aromatic rings. The first kappa shape index (κ1) is 17.7. The minimum absolute atomic E-state index is 0.0242. The van der Waals surface area contributed by atoms with Gasteiger partial charge in [0.2, 0.25) is 0 Å². The molecule has 1 N–H and O–H groups in total. The summed E-state index contributed by atoms with van der Waals surface area (Å²) in [6, 6.07) is 7.81. The van der Waals surface area contributed by atoms with E-state index >= 15 is 0 Å².